The third kappa shape index (κ3) is 5.32. The summed E-state index contributed by atoms with van der Waals surface area (Å²) in [6.45, 7) is 5.56. The number of carbonyl (C=O) groups excluding carboxylic acids is 3. The Bertz CT molecular complexity index is 1260. The molecule has 11 heteroatoms. The lowest BCUT2D eigenvalue weighted by Gasteiger charge is -2.15. The van der Waals surface area contributed by atoms with Crippen molar-refractivity contribution < 1.29 is 28.6 Å². The fourth-order valence-electron chi connectivity index (χ4n) is 3.17. The van der Waals surface area contributed by atoms with Gasteiger partial charge in [-0.25, -0.2) is 14.6 Å². The molecule has 2 aromatic heterocycles. The Morgan fingerprint density at radius 1 is 1.12 bits per heavy atom. The largest absolute Gasteiger partial charge is 0.462 e. The number of aryl methyl sites for hydroxylation is 1. The highest BCUT2D eigenvalue weighted by atomic mass is 32.1. The Hall–Kier alpha value is -3.57. The van der Waals surface area contributed by atoms with Crippen LogP contribution >= 0.6 is 11.3 Å². The predicted molar refractivity (Wildman–Crippen MR) is 127 cm³/mol. The van der Waals surface area contributed by atoms with E-state index in [-0.39, 0.29) is 30.1 Å². The van der Waals surface area contributed by atoms with Gasteiger partial charge in [-0.1, -0.05) is 0 Å². The molecule has 2 heterocycles. The number of methoxy groups -OCH3 is 1. The molecule has 0 aliphatic carbocycles. The Labute approximate surface area is 199 Å². The van der Waals surface area contributed by atoms with Crippen molar-refractivity contribution in [2.75, 3.05) is 32.2 Å². The lowest BCUT2D eigenvalue weighted by atomic mass is 10.2. The van der Waals surface area contributed by atoms with Gasteiger partial charge in [-0.2, -0.15) is 0 Å². The van der Waals surface area contributed by atoms with Crippen LogP contribution in [0.25, 0.3) is 10.2 Å². The molecule has 0 fully saturated rings. The standard InChI is InChI=1S/C23H25N3O7S/c1-5-32-22(29)15-6-8-16(9-7-15)25-19(27)14(3)26-12-24-20-17(21(26)28)13(2)18(34-20)23(30)33-11-10-31-4/h6-9,12,14H,5,10-11H2,1-4H3,(H,25,27). The number of aromatic nitrogens is 2. The maximum absolute atomic E-state index is 13.2. The van der Waals surface area contributed by atoms with Crippen molar-refractivity contribution >= 4 is 45.1 Å². The average Bonchev–Trinajstić information content (AvgIpc) is 3.16. The van der Waals surface area contributed by atoms with Gasteiger partial charge in [-0.15, -0.1) is 11.3 Å². The van der Waals surface area contributed by atoms with Gasteiger partial charge >= 0.3 is 11.9 Å². The van der Waals surface area contributed by atoms with Gasteiger partial charge in [-0.3, -0.25) is 14.2 Å². The quantitative estimate of drug-likeness (QED) is 0.361. The summed E-state index contributed by atoms with van der Waals surface area (Å²) in [4.78, 5) is 55.0. The number of nitrogens with zero attached hydrogens (tertiary/aromatic N) is 2. The number of anilines is 1. The topological polar surface area (TPSA) is 126 Å². The number of carbonyl (C=O) groups is 3. The molecule has 1 atom stereocenters. The second-order valence-corrected chi connectivity index (χ2v) is 8.28. The minimum atomic E-state index is -0.884. The minimum absolute atomic E-state index is 0.0959. The number of esters is 2. The molecule has 10 nitrogen and oxygen atoms in total. The number of ether oxygens (including phenoxy) is 3. The summed E-state index contributed by atoms with van der Waals surface area (Å²) < 4.78 is 16.2. The van der Waals surface area contributed by atoms with Crippen molar-refractivity contribution in [3.05, 3.63) is 57.0 Å². The zero-order valence-electron chi connectivity index (χ0n) is 19.2. The molecule has 1 aromatic carbocycles. The zero-order valence-corrected chi connectivity index (χ0v) is 20.1. The second kappa shape index (κ2) is 11.0. The highest BCUT2D eigenvalue weighted by Gasteiger charge is 2.23. The summed E-state index contributed by atoms with van der Waals surface area (Å²) in [6, 6.07) is 5.35. The molecule has 0 saturated carbocycles. The Morgan fingerprint density at radius 3 is 2.47 bits per heavy atom. The van der Waals surface area contributed by atoms with E-state index in [4.69, 9.17) is 14.2 Å². The summed E-state index contributed by atoms with van der Waals surface area (Å²) in [5.41, 5.74) is 0.842. The van der Waals surface area contributed by atoms with Gasteiger partial charge in [0.1, 0.15) is 22.4 Å². The van der Waals surface area contributed by atoms with Crippen molar-refractivity contribution in [3.63, 3.8) is 0 Å². The van der Waals surface area contributed by atoms with E-state index in [0.29, 0.717) is 21.6 Å². The number of hydrogen-bond acceptors (Lipinski definition) is 9. The van der Waals surface area contributed by atoms with Gasteiger partial charge in [0.05, 0.1) is 30.5 Å². The van der Waals surface area contributed by atoms with Crippen LogP contribution in [-0.4, -0.2) is 54.3 Å². The molecule has 0 radical (unpaired) electrons. The van der Waals surface area contributed by atoms with Gasteiger partial charge in [0, 0.05) is 12.8 Å². The molecule has 1 amide bonds. The SMILES string of the molecule is CCOC(=O)c1ccc(NC(=O)C(C)n2cnc3sc(C(=O)OCCOC)c(C)c3c2=O)cc1. The molecule has 0 bridgehead atoms. The first-order valence-electron chi connectivity index (χ1n) is 10.5. The highest BCUT2D eigenvalue weighted by molar-refractivity contribution is 7.20. The van der Waals surface area contributed by atoms with Crippen LogP contribution in [0.15, 0.2) is 35.4 Å². The molecule has 0 saturated heterocycles. The number of benzene rings is 1. The maximum atomic E-state index is 13.2. The molecule has 0 aliphatic heterocycles. The first-order valence-corrected chi connectivity index (χ1v) is 11.3. The first-order chi connectivity index (χ1) is 16.3. The third-order valence-corrected chi connectivity index (χ3v) is 6.22. The molecular weight excluding hydrogens is 462 g/mol. The number of amides is 1. The molecule has 1 N–H and O–H groups in total. The third-order valence-electron chi connectivity index (χ3n) is 5.04. The van der Waals surface area contributed by atoms with E-state index < -0.39 is 29.4 Å². The average molecular weight is 488 g/mol. The molecule has 3 rings (SSSR count). The minimum Gasteiger partial charge on any atom is -0.462 e. The fraction of sp³-hybridized carbons (Fsp3) is 0.348. The molecular formula is C23H25N3O7S. The maximum Gasteiger partial charge on any atom is 0.348 e. The van der Waals surface area contributed by atoms with Crippen LogP contribution in [0.2, 0.25) is 0 Å². The van der Waals surface area contributed by atoms with Crippen molar-refractivity contribution in [2.24, 2.45) is 0 Å². The molecule has 34 heavy (non-hydrogen) atoms. The van der Waals surface area contributed by atoms with Crippen LogP contribution in [0.5, 0.6) is 0 Å². The van der Waals surface area contributed by atoms with Crippen LogP contribution in [0.1, 0.15) is 45.5 Å². The van der Waals surface area contributed by atoms with Crippen LogP contribution in [0.4, 0.5) is 5.69 Å². The number of fused-ring (bicyclic) bond motifs is 1. The molecule has 180 valence electrons. The first kappa shape index (κ1) is 25.1. The normalized spacial score (nSPS) is 11.8. The lowest BCUT2D eigenvalue weighted by Crippen LogP contribution is -2.31. The van der Waals surface area contributed by atoms with Crippen LogP contribution in [0, 0.1) is 6.92 Å². The number of hydrogen-bond donors (Lipinski definition) is 1. The van der Waals surface area contributed by atoms with Gasteiger partial charge in [0.25, 0.3) is 5.56 Å². The summed E-state index contributed by atoms with van der Waals surface area (Å²) in [6.07, 6.45) is 1.29. The van der Waals surface area contributed by atoms with E-state index in [1.807, 2.05) is 0 Å². The Balaban J connectivity index is 1.80. The van der Waals surface area contributed by atoms with Gasteiger partial charge in [0.15, 0.2) is 0 Å². The monoisotopic (exact) mass is 487 g/mol. The number of rotatable bonds is 9. The van der Waals surface area contributed by atoms with Crippen molar-refractivity contribution in [1.29, 1.82) is 0 Å². The van der Waals surface area contributed by atoms with Gasteiger partial charge in [0.2, 0.25) is 5.91 Å². The second-order valence-electron chi connectivity index (χ2n) is 7.29. The van der Waals surface area contributed by atoms with E-state index in [9.17, 15) is 19.2 Å². The number of nitrogens with one attached hydrogen (secondary N) is 1. The fourth-order valence-corrected chi connectivity index (χ4v) is 4.20. The van der Waals surface area contributed by atoms with Crippen molar-refractivity contribution in [1.82, 2.24) is 9.55 Å². The van der Waals surface area contributed by atoms with Crippen molar-refractivity contribution in [3.8, 4) is 0 Å². The molecule has 0 aliphatic rings. The molecule has 0 spiro atoms. The van der Waals surface area contributed by atoms with Crippen LogP contribution < -0.4 is 10.9 Å². The Morgan fingerprint density at radius 2 is 1.82 bits per heavy atom. The highest BCUT2D eigenvalue weighted by Crippen LogP contribution is 2.28. The van der Waals surface area contributed by atoms with E-state index in [1.54, 1.807) is 45.0 Å². The lowest BCUT2D eigenvalue weighted by molar-refractivity contribution is -0.118. The molecule has 1 unspecified atom stereocenters. The number of thiophene rings is 1. The summed E-state index contributed by atoms with van der Waals surface area (Å²) in [5, 5.41) is 2.99. The van der Waals surface area contributed by atoms with Crippen LogP contribution in [-0.2, 0) is 19.0 Å². The van der Waals surface area contributed by atoms with E-state index in [0.717, 1.165) is 11.3 Å². The summed E-state index contributed by atoms with van der Waals surface area (Å²) >= 11 is 1.06. The van der Waals surface area contributed by atoms with Gasteiger partial charge in [-0.05, 0) is 50.6 Å². The van der Waals surface area contributed by atoms with E-state index in [1.165, 1.54) is 18.0 Å². The van der Waals surface area contributed by atoms with Gasteiger partial charge < -0.3 is 19.5 Å². The van der Waals surface area contributed by atoms with Crippen LogP contribution in [0.3, 0.4) is 0 Å². The van der Waals surface area contributed by atoms with Crippen molar-refractivity contribution in [2.45, 2.75) is 26.8 Å². The molecule has 3 aromatic rings. The zero-order chi connectivity index (χ0) is 24.8. The summed E-state index contributed by atoms with van der Waals surface area (Å²) in [7, 11) is 1.50. The van der Waals surface area contributed by atoms with E-state index >= 15 is 0 Å². The van der Waals surface area contributed by atoms with E-state index in [2.05, 4.69) is 10.3 Å². The Kier molecular flexibility index (Phi) is 8.13. The summed E-state index contributed by atoms with van der Waals surface area (Å²) in [5.74, 6) is -1.45. The predicted octanol–water partition coefficient (Wildman–Crippen LogP) is 2.95. The smallest absolute Gasteiger partial charge is 0.348 e.